The molecule has 1 amide bonds. The summed E-state index contributed by atoms with van der Waals surface area (Å²) < 4.78 is 10.4. The second-order valence-electron chi connectivity index (χ2n) is 5.44. The van der Waals surface area contributed by atoms with Crippen molar-refractivity contribution in [2.24, 2.45) is 0 Å². The third-order valence-electron chi connectivity index (χ3n) is 3.94. The first-order valence-electron chi connectivity index (χ1n) is 7.45. The molecule has 6 heteroatoms. The topological polar surface area (TPSA) is 55.8 Å². The molecule has 1 saturated heterocycles. The second kappa shape index (κ2) is 6.57. The maximum absolute atomic E-state index is 12.5. The van der Waals surface area contributed by atoms with E-state index >= 15 is 0 Å². The molecular formula is C18H17NO4S. The lowest BCUT2D eigenvalue weighted by atomic mass is 9.89. The largest absolute Gasteiger partial charge is 0.497 e. The van der Waals surface area contributed by atoms with Gasteiger partial charge in [-0.15, -0.1) is 12.6 Å². The number of methoxy groups -OCH3 is 1. The smallest absolute Gasteiger partial charge is 0.303 e. The maximum Gasteiger partial charge on any atom is 0.303 e. The van der Waals surface area contributed by atoms with Crippen LogP contribution in [0.2, 0.25) is 0 Å². The Morgan fingerprint density at radius 1 is 1.12 bits per heavy atom. The summed E-state index contributed by atoms with van der Waals surface area (Å²) in [6.07, 6.45) is -0.835. The summed E-state index contributed by atoms with van der Waals surface area (Å²) in [5.41, 5.74) is 1.55. The summed E-state index contributed by atoms with van der Waals surface area (Å²) in [5, 5.41) is 0. The Morgan fingerprint density at radius 3 is 2.38 bits per heavy atom. The summed E-state index contributed by atoms with van der Waals surface area (Å²) in [7, 11) is 1.58. The quantitative estimate of drug-likeness (QED) is 0.527. The molecule has 5 nitrogen and oxygen atoms in total. The lowest BCUT2D eigenvalue weighted by Crippen LogP contribution is -2.60. The zero-order valence-electron chi connectivity index (χ0n) is 13.3. The minimum atomic E-state index is -0.835. The summed E-state index contributed by atoms with van der Waals surface area (Å²) in [6.45, 7) is 1.30. The number of hydrogen-bond donors (Lipinski definition) is 1. The van der Waals surface area contributed by atoms with Crippen molar-refractivity contribution in [2.75, 3.05) is 12.0 Å². The molecule has 1 heterocycles. The van der Waals surface area contributed by atoms with Crippen LogP contribution < -0.4 is 9.64 Å². The van der Waals surface area contributed by atoms with Crippen molar-refractivity contribution in [1.29, 1.82) is 0 Å². The molecule has 0 spiro atoms. The molecule has 2 unspecified atom stereocenters. The van der Waals surface area contributed by atoms with Crippen LogP contribution in [-0.2, 0) is 14.3 Å². The predicted octanol–water partition coefficient (Wildman–Crippen LogP) is 3.00. The van der Waals surface area contributed by atoms with Crippen LogP contribution in [0.25, 0.3) is 0 Å². The lowest BCUT2D eigenvalue weighted by Gasteiger charge is -2.46. The standard InChI is InChI=1S/C18H17NO4S/c1-11(20)23-17-16(14-5-3-4-6-15(14)24)19(18(17)21)12-7-9-13(22-2)10-8-12/h3-10,16-17,24H,1-2H3. The Morgan fingerprint density at radius 2 is 1.79 bits per heavy atom. The monoisotopic (exact) mass is 343 g/mol. The van der Waals surface area contributed by atoms with Gasteiger partial charge < -0.3 is 9.47 Å². The van der Waals surface area contributed by atoms with Crippen molar-refractivity contribution < 1.29 is 19.1 Å². The highest BCUT2D eigenvalue weighted by Crippen LogP contribution is 2.43. The number of β-lactam (4-membered cyclic amide) rings is 1. The molecule has 0 N–H and O–H groups in total. The number of benzene rings is 2. The number of esters is 1. The van der Waals surface area contributed by atoms with Crippen LogP contribution in [0.1, 0.15) is 18.5 Å². The van der Waals surface area contributed by atoms with Crippen LogP contribution in [0.3, 0.4) is 0 Å². The van der Waals surface area contributed by atoms with Gasteiger partial charge >= 0.3 is 5.97 Å². The number of anilines is 1. The summed E-state index contributed by atoms with van der Waals surface area (Å²) in [4.78, 5) is 26.2. The first kappa shape index (κ1) is 16.4. The minimum absolute atomic E-state index is 0.253. The first-order valence-corrected chi connectivity index (χ1v) is 7.90. The molecule has 0 radical (unpaired) electrons. The Balaban J connectivity index is 1.99. The van der Waals surface area contributed by atoms with Gasteiger partial charge in [0.15, 0.2) is 0 Å². The Labute approximate surface area is 145 Å². The molecule has 0 saturated carbocycles. The predicted molar refractivity (Wildman–Crippen MR) is 92.5 cm³/mol. The summed E-state index contributed by atoms with van der Waals surface area (Å²) >= 11 is 4.47. The van der Waals surface area contributed by atoms with E-state index in [2.05, 4.69) is 12.6 Å². The second-order valence-corrected chi connectivity index (χ2v) is 5.92. The van der Waals surface area contributed by atoms with Crippen LogP contribution in [0, 0.1) is 0 Å². The van der Waals surface area contributed by atoms with Crippen LogP contribution in [0.5, 0.6) is 5.75 Å². The molecule has 3 rings (SSSR count). The summed E-state index contributed by atoms with van der Waals surface area (Å²) in [5.74, 6) is -0.0317. The molecule has 2 aromatic rings. The number of carbonyl (C=O) groups is 2. The fourth-order valence-corrected chi connectivity index (χ4v) is 3.12. The lowest BCUT2D eigenvalue weighted by molar-refractivity contribution is -0.160. The number of ether oxygens (including phenoxy) is 2. The van der Waals surface area contributed by atoms with Crippen LogP contribution >= 0.6 is 12.6 Å². The average molecular weight is 343 g/mol. The van der Waals surface area contributed by atoms with E-state index in [0.717, 1.165) is 10.5 Å². The molecule has 2 aromatic carbocycles. The first-order chi connectivity index (χ1) is 11.5. The van der Waals surface area contributed by atoms with E-state index in [4.69, 9.17) is 9.47 Å². The van der Waals surface area contributed by atoms with Gasteiger partial charge in [-0.25, -0.2) is 0 Å². The zero-order chi connectivity index (χ0) is 17.3. The van der Waals surface area contributed by atoms with E-state index in [1.807, 2.05) is 24.3 Å². The van der Waals surface area contributed by atoms with E-state index in [1.165, 1.54) is 6.92 Å². The number of thiol groups is 1. The van der Waals surface area contributed by atoms with Crippen molar-refractivity contribution in [3.63, 3.8) is 0 Å². The van der Waals surface area contributed by atoms with E-state index in [1.54, 1.807) is 36.3 Å². The fourth-order valence-electron chi connectivity index (χ4n) is 2.83. The molecular weight excluding hydrogens is 326 g/mol. The molecule has 1 aliphatic rings. The molecule has 2 atom stereocenters. The number of nitrogens with zero attached hydrogens (tertiary/aromatic N) is 1. The Bertz CT molecular complexity index is 775. The zero-order valence-corrected chi connectivity index (χ0v) is 14.2. The van der Waals surface area contributed by atoms with E-state index in [9.17, 15) is 9.59 Å². The normalized spacial score (nSPS) is 19.6. The molecule has 1 aliphatic heterocycles. The molecule has 1 fully saturated rings. The van der Waals surface area contributed by atoms with Crippen molar-refractivity contribution >= 4 is 30.2 Å². The summed E-state index contributed by atoms with van der Waals surface area (Å²) in [6, 6.07) is 14.2. The van der Waals surface area contributed by atoms with Gasteiger partial charge in [0, 0.05) is 17.5 Å². The van der Waals surface area contributed by atoms with E-state index in [-0.39, 0.29) is 5.91 Å². The maximum atomic E-state index is 12.5. The van der Waals surface area contributed by atoms with Gasteiger partial charge in [-0.05, 0) is 35.9 Å². The fraction of sp³-hybridized carbons (Fsp3) is 0.222. The molecule has 0 bridgehead atoms. The molecule has 0 aliphatic carbocycles. The van der Waals surface area contributed by atoms with E-state index in [0.29, 0.717) is 11.4 Å². The van der Waals surface area contributed by atoms with Crippen LogP contribution in [0.4, 0.5) is 5.69 Å². The highest BCUT2D eigenvalue weighted by atomic mass is 32.1. The number of rotatable bonds is 4. The van der Waals surface area contributed by atoms with Gasteiger partial charge in [-0.1, -0.05) is 18.2 Å². The molecule has 124 valence electrons. The van der Waals surface area contributed by atoms with Gasteiger partial charge in [0.1, 0.15) is 11.8 Å². The molecule has 24 heavy (non-hydrogen) atoms. The minimum Gasteiger partial charge on any atom is -0.497 e. The number of amides is 1. The van der Waals surface area contributed by atoms with Gasteiger partial charge in [0.2, 0.25) is 6.10 Å². The highest BCUT2D eigenvalue weighted by Gasteiger charge is 2.51. The van der Waals surface area contributed by atoms with Crippen LogP contribution in [0.15, 0.2) is 53.4 Å². The number of hydrogen-bond acceptors (Lipinski definition) is 5. The van der Waals surface area contributed by atoms with Gasteiger partial charge in [-0.2, -0.15) is 0 Å². The Kier molecular flexibility index (Phi) is 4.49. The van der Waals surface area contributed by atoms with Crippen molar-refractivity contribution in [3.05, 3.63) is 54.1 Å². The van der Waals surface area contributed by atoms with Gasteiger partial charge in [0.25, 0.3) is 5.91 Å². The molecule has 0 aromatic heterocycles. The van der Waals surface area contributed by atoms with Crippen molar-refractivity contribution in [2.45, 2.75) is 24.0 Å². The van der Waals surface area contributed by atoms with Crippen molar-refractivity contribution in [3.8, 4) is 5.75 Å². The third-order valence-corrected chi connectivity index (χ3v) is 4.35. The Hall–Kier alpha value is -2.47. The highest BCUT2D eigenvalue weighted by molar-refractivity contribution is 7.80. The SMILES string of the molecule is COc1ccc(N2C(=O)C(OC(C)=O)C2c2ccccc2S)cc1. The van der Waals surface area contributed by atoms with Crippen molar-refractivity contribution in [1.82, 2.24) is 0 Å². The third kappa shape index (κ3) is 2.85. The van der Waals surface area contributed by atoms with Crippen LogP contribution in [-0.4, -0.2) is 25.1 Å². The number of carbonyl (C=O) groups excluding carboxylic acids is 2. The van der Waals surface area contributed by atoms with E-state index < -0.39 is 18.1 Å². The van der Waals surface area contributed by atoms with Gasteiger partial charge in [-0.3, -0.25) is 14.5 Å². The average Bonchev–Trinajstić information content (AvgIpc) is 2.58. The van der Waals surface area contributed by atoms with Gasteiger partial charge in [0.05, 0.1) is 7.11 Å².